The molecule has 4 heterocycles. The molecule has 0 spiro atoms. The molecule has 0 unspecified atom stereocenters. The van der Waals surface area contributed by atoms with Crippen LogP contribution in [-0.2, 0) is 11.2 Å². The minimum absolute atomic E-state index is 0.0211. The lowest BCUT2D eigenvalue weighted by molar-refractivity contribution is 0.00450. The van der Waals surface area contributed by atoms with Crippen molar-refractivity contribution in [3.05, 3.63) is 92.9 Å². The minimum Gasteiger partial charge on any atom is -0.373 e. The lowest BCUT2D eigenvalue weighted by Gasteiger charge is -2.30. The van der Waals surface area contributed by atoms with Crippen molar-refractivity contribution in [1.29, 1.82) is 0 Å². The number of ether oxygens (including phenoxy) is 1. The van der Waals surface area contributed by atoms with E-state index in [0.717, 1.165) is 23.7 Å². The van der Waals surface area contributed by atoms with E-state index in [9.17, 15) is 13.6 Å². The number of rotatable bonds is 4. The molecule has 180 valence electrons. The second-order valence-corrected chi connectivity index (χ2v) is 8.97. The largest absolute Gasteiger partial charge is 0.373 e. The molecule has 0 amide bonds. The normalized spacial score (nSPS) is 18.2. The molecule has 1 saturated heterocycles. The summed E-state index contributed by atoms with van der Waals surface area (Å²) in [4.78, 5) is 26.9. The highest BCUT2D eigenvalue weighted by atomic mass is 19.1. The number of aryl methyl sites for hydroxylation is 2. The Morgan fingerprint density at radius 2 is 1.97 bits per heavy atom. The van der Waals surface area contributed by atoms with Gasteiger partial charge in [0.25, 0.3) is 5.56 Å². The van der Waals surface area contributed by atoms with Crippen LogP contribution in [0.4, 0.5) is 8.78 Å². The first-order valence-corrected chi connectivity index (χ1v) is 11.8. The fourth-order valence-electron chi connectivity index (χ4n) is 4.60. The third kappa shape index (κ3) is 4.34. The number of fused-ring (bicyclic) bond motifs is 1. The first kappa shape index (κ1) is 23.2. The highest BCUT2D eigenvalue weighted by molar-refractivity contribution is 5.74. The molecule has 1 aromatic carbocycles. The van der Waals surface area contributed by atoms with Crippen LogP contribution in [0.1, 0.15) is 60.0 Å². The maximum Gasteiger partial charge on any atom is 0.261 e. The zero-order valence-corrected chi connectivity index (χ0v) is 19.9. The summed E-state index contributed by atoms with van der Waals surface area (Å²) in [5, 5.41) is 0. The predicted molar refractivity (Wildman–Crippen MR) is 128 cm³/mol. The maximum atomic E-state index is 14.9. The van der Waals surface area contributed by atoms with Crippen LogP contribution in [0.2, 0.25) is 0 Å². The average molecular weight is 477 g/mol. The van der Waals surface area contributed by atoms with Gasteiger partial charge in [0, 0.05) is 53.5 Å². The Bertz CT molecular complexity index is 1480. The van der Waals surface area contributed by atoms with Gasteiger partial charge in [-0.25, -0.2) is 18.7 Å². The van der Waals surface area contributed by atoms with Crippen LogP contribution in [0.3, 0.4) is 0 Å². The summed E-state index contributed by atoms with van der Waals surface area (Å²) in [7, 11) is 0. The SMILES string of the molecule is CCc1cc([C@H]2C[C@@H](c3cn4c(=O)c(C)c(C)nc4c(-c4ccc(F)cc4F)n3)CCO2)ccn1. The van der Waals surface area contributed by atoms with Crippen LogP contribution >= 0.6 is 0 Å². The number of halogens is 2. The summed E-state index contributed by atoms with van der Waals surface area (Å²) in [5.74, 6) is -1.45. The monoisotopic (exact) mass is 476 g/mol. The number of hydrogen-bond donors (Lipinski definition) is 0. The molecular formula is C27H26F2N4O2. The molecular weight excluding hydrogens is 450 g/mol. The minimum atomic E-state index is -0.752. The van der Waals surface area contributed by atoms with E-state index in [2.05, 4.69) is 23.0 Å². The van der Waals surface area contributed by atoms with Crippen molar-refractivity contribution < 1.29 is 13.5 Å². The quantitative estimate of drug-likeness (QED) is 0.403. The first-order valence-electron chi connectivity index (χ1n) is 11.8. The smallest absolute Gasteiger partial charge is 0.261 e. The van der Waals surface area contributed by atoms with Crippen molar-refractivity contribution in [2.24, 2.45) is 0 Å². The lowest BCUT2D eigenvalue weighted by atomic mass is 9.89. The van der Waals surface area contributed by atoms with Gasteiger partial charge < -0.3 is 4.74 Å². The fraction of sp³-hybridized carbons (Fsp3) is 0.333. The van der Waals surface area contributed by atoms with E-state index in [-0.39, 0.29) is 34.5 Å². The zero-order chi connectivity index (χ0) is 24.7. The Labute approximate surface area is 201 Å². The molecule has 1 aliphatic heterocycles. The molecule has 0 radical (unpaired) electrons. The zero-order valence-electron chi connectivity index (χ0n) is 19.9. The van der Waals surface area contributed by atoms with E-state index < -0.39 is 11.6 Å². The van der Waals surface area contributed by atoms with Gasteiger partial charge in [-0.3, -0.25) is 14.2 Å². The van der Waals surface area contributed by atoms with E-state index in [1.807, 2.05) is 6.07 Å². The van der Waals surface area contributed by atoms with E-state index in [1.165, 1.54) is 16.5 Å². The number of pyridine rings is 1. The molecule has 3 aromatic heterocycles. The summed E-state index contributed by atoms with van der Waals surface area (Å²) in [5.41, 5.74) is 4.10. The van der Waals surface area contributed by atoms with E-state index in [1.54, 1.807) is 26.2 Å². The highest BCUT2D eigenvalue weighted by Crippen LogP contribution is 2.38. The molecule has 4 aromatic rings. The molecule has 6 nitrogen and oxygen atoms in total. The second kappa shape index (κ2) is 9.26. The van der Waals surface area contributed by atoms with Crippen molar-refractivity contribution in [2.45, 2.75) is 52.1 Å². The van der Waals surface area contributed by atoms with Crippen LogP contribution in [0.5, 0.6) is 0 Å². The summed E-state index contributed by atoms with van der Waals surface area (Å²) in [6, 6.07) is 7.36. The molecule has 0 aliphatic carbocycles. The molecule has 0 saturated carbocycles. The molecule has 0 N–H and O–H groups in total. The fourth-order valence-corrected chi connectivity index (χ4v) is 4.60. The molecule has 8 heteroatoms. The Morgan fingerprint density at radius 1 is 1.14 bits per heavy atom. The van der Waals surface area contributed by atoms with Crippen LogP contribution in [-0.4, -0.2) is 26.0 Å². The second-order valence-electron chi connectivity index (χ2n) is 8.97. The number of aromatic nitrogens is 4. The summed E-state index contributed by atoms with van der Waals surface area (Å²) in [6.07, 6.45) is 5.56. The van der Waals surface area contributed by atoms with Gasteiger partial charge in [0.1, 0.15) is 17.3 Å². The number of benzene rings is 1. The van der Waals surface area contributed by atoms with Gasteiger partial charge in [0.05, 0.1) is 11.8 Å². The van der Waals surface area contributed by atoms with Gasteiger partial charge in [-0.1, -0.05) is 6.92 Å². The molecule has 2 atom stereocenters. The average Bonchev–Trinajstić information content (AvgIpc) is 2.87. The predicted octanol–water partition coefficient (Wildman–Crippen LogP) is 5.24. The number of nitrogens with zero attached hydrogens (tertiary/aromatic N) is 4. The maximum absolute atomic E-state index is 14.9. The Hall–Kier alpha value is -3.52. The van der Waals surface area contributed by atoms with Gasteiger partial charge in [-0.2, -0.15) is 0 Å². The Kier molecular flexibility index (Phi) is 6.15. The van der Waals surface area contributed by atoms with Crippen molar-refractivity contribution in [2.75, 3.05) is 6.61 Å². The standard InChI is InChI=1S/C27H26F2N4O2/c1-4-20-11-18(7-9-30-20)24-12-17(8-10-35-24)23-14-33-26(31-16(3)15(2)27(33)34)25(32-23)21-6-5-19(28)13-22(21)29/h5-7,9,11,13-14,17,24H,4,8,10,12H2,1-3H3/t17-,24+/m0/s1. The summed E-state index contributed by atoms with van der Waals surface area (Å²) in [6.45, 7) is 6.03. The first-order chi connectivity index (χ1) is 16.9. The van der Waals surface area contributed by atoms with Gasteiger partial charge in [-0.15, -0.1) is 0 Å². The van der Waals surface area contributed by atoms with Crippen molar-refractivity contribution in [1.82, 2.24) is 19.4 Å². The van der Waals surface area contributed by atoms with Crippen molar-refractivity contribution >= 4 is 5.65 Å². The van der Waals surface area contributed by atoms with Crippen molar-refractivity contribution in [3.8, 4) is 11.3 Å². The van der Waals surface area contributed by atoms with E-state index in [4.69, 9.17) is 9.72 Å². The Balaban J connectivity index is 1.64. The van der Waals surface area contributed by atoms with Crippen LogP contribution in [0.25, 0.3) is 16.9 Å². The molecule has 5 rings (SSSR count). The van der Waals surface area contributed by atoms with Gasteiger partial charge in [0.15, 0.2) is 5.65 Å². The molecule has 1 aliphatic rings. The van der Waals surface area contributed by atoms with E-state index >= 15 is 0 Å². The van der Waals surface area contributed by atoms with Crippen molar-refractivity contribution in [3.63, 3.8) is 0 Å². The van der Waals surface area contributed by atoms with Gasteiger partial charge in [-0.05, 0) is 62.9 Å². The summed E-state index contributed by atoms with van der Waals surface area (Å²) >= 11 is 0. The topological polar surface area (TPSA) is 69.4 Å². The van der Waals surface area contributed by atoms with Crippen LogP contribution in [0, 0.1) is 25.5 Å². The lowest BCUT2D eigenvalue weighted by Crippen LogP contribution is -2.24. The van der Waals surface area contributed by atoms with E-state index in [0.29, 0.717) is 36.4 Å². The third-order valence-corrected chi connectivity index (χ3v) is 6.76. The third-order valence-electron chi connectivity index (χ3n) is 6.76. The number of hydrogen-bond acceptors (Lipinski definition) is 5. The molecule has 35 heavy (non-hydrogen) atoms. The highest BCUT2D eigenvalue weighted by Gasteiger charge is 2.28. The molecule has 1 fully saturated rings. The van der Waals surface area contributed by atoms with Gasteiger partial charge in [0.2, 0.25) is 0 Å². The van der Waals surface area contributed by atoms with Gasteiger partial charge >= 0.3 is 0 Å². The molecule has 0 bridgehead atoms. The Morgan fingerprint density at radius 3 is 2.74 bits per heavy atom. The van der Waals surface area contributed by atoms with Crippen LogP contribution in [0.15, 0.2) is 47.5 Å². The summed E-state index contributed by atoms with van der Waals surface area (Å²) < 4.78 is 36.0. The van der Waals surface area contributed by atoms with Crippen LogP contribution < -0.4 is 5.56 Å².